The summed E-state index contributed by atoms with van der Waals surface area (Å²) in [6, 6.07) is 9.96. The lowest BCUT2D eigenvalue weighted by atomic mass is 10.2. The van der Waals surface area contributed by atoms with Gasteiger partial charge in [-0.15, -0.1) is 0 Å². The van der Waals surface area contributed by atoms with Crippen molar-refractivity contribution in [3.63, 3.8) is 0 Å². The summed E-state index contributed by atoms with van der Waals surface area (Å²) in [5.74, 6) is -2.82. The predicted octanol–water partition coefficient (Wildman–Crippen LogP) is 0.679. The SMILES string of the molecule is O=C([O-])CNC(=O)/C(=C/c1cccc(Br)c1)NC(=O)c1ccco1. The van der Waals surface area contributed by atoms with Gasteiger partial charge in [0.05, 0.1) is 18.8 Å². The van der Waals surface area contributed by atoms with Gasteiger partial charge in [-0.2, -0.15) is 0 Å². The molecule has 2 rings (SSSR count). The van der Waals surface area contributed by atoms with Crippen molar-refractivity contribution in [2.75, 3.05) is 6.54 Å². The number of rotatable bonds is 6. The summed E-state index contributed by atoms with van der Waals surface area (Å²) in [4.78, 5) is 34.7. The first-order valence-electron chi connectivity index (χ1n) is 6.76. The van der Waals surface area contributed by atoms with Crippen LogP contribution in [0, 0.1) is 0 Å². The lowest BCUT2D eigenvalue weighted by Crippen LogP contribution is -2.41. The highest BCUT2D eigenvalue weighted by Gasteiger charge is 2.16. The lowest BCUT2D eigenvalue weighted by Gasteiger charge is -2.10. The molecule has 0 spiro atoms. The standard InChI is InChI=1S/C16H13BrN2O5/c17-11-4-1-3-10(7-11)8-12(15(22)18-9-14(20)21)19-16(23)13-5-2-6-24-13/h1-8H,9H2,(H,18,22)(H,19,23)(H,20,21)/p-1/b12-8-. The minimum absolute atomic E-state index is 0.0165. The van der Waals surface area contributed by atoms with E-state index in [0.29, 0.717) is 5.56 Å². The average Bonchev–Trinajstić information content (AvgIpc) is 3.06. The summed E-state index contributed by atoms with van der Waals surface area (Å²) < 4.78 is 5.74. The second kappa shape index (κ2) is 8.11. The molecule has 2 aromatic rings. The van der Waals surface area contributed by atoms with E-state index in [-0.39, 0.29) is 11.5 Å². The molecule has 0 aliphatic heterocycles. The van der Waals surface area contributed by atoms with E-state index in [2.05, 4.69) is 26.6 Å². The first-order chi connectivity index (χ1) is 11.5. The third-order valence-electron chi connectivity index (χ3n) is 2.79. The van der Waals surface area contributed by atoms with Gasteiger partial charge in [0, 0.05) is 4.47 Å². The topological polar surface area (TPSA) is 111 Å². The molecule has 0 radical (unpaired) electrons. The van der Waals surface area contributed by atoms with Crippen LogP contribution < -0.4 is 15.7 Å². The zero-order chi connectivity index (χ0) is 17.5. The number of carbonyl (C=O) groups is 3. The number of benzene rings is 1. The molecule has 0 unspecified atom stereocenters. The van der Waals surface area contributed by atoms with E-state index < -0.39 is 24.3 Å². The van der Waals surface area contributed by atoms with Crippen LogP contribution in [0.3, 0.4) is 0 Å². The highest BCUT2D eigenvalue weighted by Crippen LogP contribution is 2.14. The molecule has 2 N–H and O–H groups in total. The Morgan fingerprint density at radius 2 is 2.00 bits per heavy atom. The first kappa shape index (κ1) is 17.5. The number of aliphatic carboxylic acids is 1. The van der Waals surface area contributed by atoms with Crippen molar-refractivity contribution in [2.24, 2.45) is 0 Å². The Morgan fingerprint density at radius 3 is 2.62 bits per heavy atom. The lowest BCUT2D eigenvalue weighted by molar-refractivity contribution is -0.303. The number of hydrogen-bond acceptors (Lipinski definition) is 5. The van der Waals surface area contributed by atoms with E-state index >= 15 is 0 Å². The summed E-state index contributed by atoms with van der Waals surface area (Å²) in [5, 5.41) is 15.0. The second-order valence-corrected chi connectivity index (χ2v) is 5.51. The van der Waals surface area contributed by atoms with Gasteiger partial charge < -0.3 is 25.0 Å². The normalized spacial score (nSPS) is 11.0. The summed E-state index contributed by atoms with van der Waals surface area (Å²) in [5.41, 5.74) is 0.499. The Bertz CT molecular complexity index is 784. The Hall–Kier alpha value is -2.87. The van der Waals surface area contributed by atoms with Gasteiger partial charge >= 0.3 is 0 Å². The Morgan fingerprint density at radius 1 is 1.21 bits per heavy atom. The van der Waals surface area contributed by atoms with Crippen LogP contribution in [-0.4, -0.2) is 24.3 Å². The number of carboxylic acid groups (broad SMARTS) is 1. The molecule has 0 saturated heterocycles. The van der Waals surface area contributed by atoms with Crippen LogP contribution >= 0.6 is 15.9 Å². The van der Waals surface area contributed by atoms with Crippen molar-refractivity contribution in [2.45, 2.75) is 0 Å². The summed E-state index contributed by atoms with van der Waals surface area (Å²) in [7, 11) is 0. The van der Waals surface area contributed by atoms with E-state index in [0.717, 1.165) is 4.47 Å². The van der Waals surface area contributed by atoms with Gasteiger partial charge in [-0.25, -0.2) is 0 Å². The minimum Gasteiger partial charge on any atom is -0.548 e. The van der Waals surface area contributed by atoms with Crippen LogP contribution in [0.25, 0.3) is 6.08 Å². The van der Waals surface area contributed by atoms with Gasteiger partial charge in [-0.05, 0) is 35.9 Å². The largest absolute Gasteiger partial charge is 0.548 e. The molecular formula is C16H12BrN2O5-. The fourth-order valence-electron chi connectivity index (χ4n) is 1.76. The summed E-state index contributed by atoms with van der Waals surface area (Å²) in [6.07, 6.45) is 2.74. The number of carbonyl (C=O) groups excluding carboxylic acids is 3. The second-order valence-electron chi connectivity index (χ2n) is 4.60. The van der Waals surface area contributed by atoms with Crippen molar-refractivity contribution in [3.8, 4) is 0 Å². The first-order valence-corrected chi connectivity index (χ1v) is 7.55. The van der Waals surface area contributed by atoms with E-state index in [1.54, 1.807) is 24.3 Å². The van der Waals surface area contributed by atoms with Crippen molar-refractivity contribution in [1.82, 2.24) is 10.6 Å². The third-order valence-corrected chi connectivity index (χ3v) is 3.28. The maximum absolute atomic E-state index is 12.1. The van der Waals surface area contributed by atoms with Gasteiger partial charge in [0.2, 0.25) is 0 Å². The molecule has 0 aliphatic carbocycles. The quantitative estimate of drug-likeness (QED) is 0.703. The molecule has 1 aromatic heterocycles. The average molecular weight is 392 g/mol. The van der Waals surface area contributed by atoms with Gasteiger partial charge in [0.25, 0.3) is 11.8 Å². The summed E-state index contributed by atoms with van der Waals surface area (Å²) in [6.45, 7) is -0.675. The molecule has 8 heteroatoms. The zero-order valence-corrected chi connectivity index (χ0v) is 13.8. The third kappa shape index (κ3) is 5.10. The van der Waals surface area contributed by atoms with Crippen LogP contribution in [0.2, 0.25) is 0 Å². The molecule has 0 aliphatic rings. The monoisotopic (exact) mass is 391 g/mol. The van der Waals surface area contributed by atoms with Crippen LogP contribution in [-0.2, 0) is 9.59 Å². The van der Waals surface area contributed by atoms with Crippen LogP contribution in [0.5, 0.6) is 0 Å². The highest BCUT2D eigenvalue weighted by atomic mass is 79.9. The Balaban J connectivity index is 2.25. The predicted molar refractivity (Wildman–Crippen MR) is 86.3 cm³/mol. The van der Waals surface area contributed by atoms with Gasteiger partial charge in [-0.3, -0.25) is 9.59 Å². The van der Waals surface area contributed by atoms with E-state index in [1.807, 2.05) is 0 Å². The number of nitrogens with one attached hydrogen (secondary N) is 2. The minimum atomic E-state index is -1.44. The molecule has 0 atom stereocenters. The maximum atomic E-state index is 12.1. The van der Waals surface area contributed by atoms with Gasteiger partial charge in [0.15, 0.2) is 5.76 Å². The number of amides is 2. The highest BCUT2D eigenvalue weighted by molar-refractivity contribution is 9.10. The molecule has 2 amide bonds. The van der Waals surface area contributed by atoms with Crippen molar-refractivity contribution < 1.29 is 23.9 Å². The molecule has 0 bridgehead atoms. The fourth-order valence-corrected chi connectivity index (χ4v) is 2.18. The van der Waals surface area contributed by atoms with E-state index in [9.17, 15) is 19.5 Å². The molecular weight excluding hydrogens is 380 g/mol. The number of hydrogen-bond donors (Lipinski definition) is 2. The Kier molecular flexibility index (Phi) is 5.91. The molecule has 124 valence electrons. The van der Waals surface area contributed by atoms with Crippen molar-refractivity contribution in [3.05, 3.63) is 64.2 Å². The maximum Gasteiger partial charge on any atom is 0.291 e. The zero-order valence-electron chi connectivity index (χ0n) is 12.2. The molecule has 24 heavy (non-hydrogen) atoms. The Labute approximate surface area is 145 Å². The van der Waals surface area contributed by atoms with Crippen LogP contribution in [0.4, 0.5) is 0 Å². The van der Waals surface area contributed by atoms with Crippen molar-refractivity contribution >= 4 is 39.8 Å². The fraction of sp³-hybridized carbons (Fsp3) is 0.0625. The molecule has 1 heterocycles. The van der Waals surface area contributed by atoms with Crippen LogP contribution in [0.1, 0.15) is 16.1 Å². The van der Waals surface area contributed by atoms with Gasteiger partial charge in [0.1, 0.15) is 5.70 Å². The van der Waals surface area contributed by atoms with E-state index in [1.165, 1.54) is 24.5 Å². The molecule has 7 nitrogen and oxygen atoms in total. The van der Waals surface area contributed by atoms with Crippen LogP contribution in [0.15, 0.2) is 57.2 Å². The molecule has 0 saturated carbocycles. The molecule has 1 aromatic carbocycles. The molecule has 0 fully saturated rings. The summed E-state index contributed by atoms with van der Waals surface area (Å²) >= 11 is 3.30. The number of halogens is 1. The van der Waals surface area contributed by atoms with Gasteiger partial charge in [-0.1, -0.05) is 28.1 Å². The number of furan rings is 1. The van der Waals surface area contributed by atoms with Crippen molar-refractivity contribution in [1.29, 1.82) is 0 Å². The number of carboxylic acids is 1. The smallest absolute Gasteiger partial charge is 0.291 e. The van der Waals surface area contributed by atoms with E-state index in [4.69, 9.17) is 4.42 Å².